The summed E-state index contributed by atoms with van der Waals surface area (Å²) in [5.74, 6) is 0.195. The van der Waals surface area contributed by atoms with E-state index in [0.29, 0.717) is 35.2 Å². The standard InChI is InChI=1S/C27H31FN2O5/c1-16-11-20(12-17(2)25(16)35-27(5,6)19(4)31)13-30(15-24(32)33)14-23-18(3)34-26(29-23)21-7-9-22(28)10-8-21/h7-12H,13-15H2,1-6H3,(H,32,33). The van der Waals surface area contributed by atoms with Crippen molar-refractivity contribution in [3.8, 4) is 17.2 Å². The predicted molar refractivity (Wildman–Crippen MR) is 130 cm³/mol. The lowest BCUT2D eigenvalue weighted by molar-refractivity contribution is -0.138. The second-order valence-corrected chi connectivity index (χ2v) is 9.29. The summed E-state index contributed by atoms with van der Waals surface area (Å²) in [6, 6.07) is 9.71. The highest BCUT2D eigenvalue weighted by Crippen LogP contribution is 2.30. The maximum absolute atomic E-state index is 13.2. The number of carboxylic acid groups (broad SMARTS) is 1. The van der Waals surface area contributed by atoms with Gasteiger partial charge in [0.25, 0.3) is 0 Å². The molecule has 0 aliphatic carbocycles. The van der Waals surface area contributed by atoms with Crippen molar-refractivity contribution in [3.05, 3.63) is 70.4 Å². The fourth-order valence-corrected chi connectivity index (χ4v) is 3.74. The van der Waals surface area contributed by atoms with Gasteiger partial charge >= 0.3 is 5.97 Å². The first-order valence-electron chi connectivity index (χ1n) is 11.3. The van der Waals surface area contributed by atoms with Crippen LogP contribution in [0.5, 0.6) is 5.75 Å². The van der Waals surface area contributed by atoms with Crippen LogP contribution >= 0.6 is 0 Å². The maximum atomic E-state index is 13.2. The Hall–Kier alpha value is -3.52. The first-order valence-corrected chi connectivity index (χ1v) is 11.3. The summed E-state index contributed by atoms with van der Waals surface area (Å²) in [6.45, 7) is 11.0. The number of oxazole rings is 1. The van der Waals surface area contributed by atoms with Crippen molar-refractivity contribution in [3.63, 3.8) is 0 Å². The number of aliphatic carboxylic acids is 1. The molecule has 0 unspecified atom stereocenters. The first kappa shape index (κ1) is 26.1. The number of benzene rings is 2. The lowest BCUT2D eigenvalue weighted by Gasteiger charge is -2.27. The average Bonchev–Trinajstić information content (AvgIpc) is 3.11. The Morgan fingerprint density at radius 2 is 1.69 bits per heavy atom. The van der Waals surface area contributed by atoms with E-state index in [2.05, 4.69) is 4.98 Å². The Kier molecular flexibility index (Phi) is 7.75. The first-order chi connectivity index (χ1) is 16.4. The number of halogens is 1. The number of aryl methyl sites for hydroxylation is 3. The van der Waals surface area contributed by atoms with E-state index in [1.54, 1.807) is 37.8 Å². The van der Waals surface area contributed by atoms with Crippen molar-refractivity contribution in [2.75, 3.05) is 6.54 Å². The molecule has 186 valence electrons. The van der Waals surface area contributed by atoms with Crippen LogP contribution < -0.4 is 4.74 Å². The van der Waals surface area contributed by atoms with Gasteiger partial charge in [0, 0.05) is 18.7 Å². The van der Waals surface area contributed by atoms with Crippen LogP contribution in [-0.4, -0.2) is 38.9 Å². The SMILES string of the molecule is CC(=O)C(C)(C)Oc1c(C)cc(CN(CC(=O)O)Cc2nc(-c3ccc(F)cc3)oc2C)cc1C. The maximum Gasteiger partial charge on any atom is 0.317 e. The number of Topliss-reactive ketones (excluding diaryl/α,β-unsaturated/α-hetero) is 1. The van der Waals surface area contributed by atoms with Crippen molar-refractivity contribution < 1.29 is 28.2 Å². The molecule has 0 saturated carbocycles. The highest BCUT2D eigenvalue weighted by atomic mass is 19.1. The number of nitrogens with zero attached hydrogens (tertiary/aromatic N) is 2. The molecule has 0 bridgehead atoms. The number of carboxylic acids is 1. The van der Waals surface area contributed by atoms with Crippen molar-refractivity contribution >= 4 is 11.8 Å². The van der Waals surface area contributed by atoms with E-state index in [1.165, 1.54) is 19.1 Å². The van der Waals surface area contributed by atoms with Crippen LogP contribution in [0.4, 0.5) is 4.39 Å². The number of hydrogen-bond acceptors (Lipinski definition) is 6. The van der Waals surface area contributed by atoms with Crippen molar-refractivity contribution in [1.82, 2.24) is 9.88 Å². The third kappa shape index (κ3) is 6.54. The summed E-state index contributed by atoms with van der Waals surface area (Å²) >= 11 is 0. The zero-order chi connectivity index (χ0) is 25.9. The quantitative estimate of drug-likeness (QED) is 0.422. The number of aromatic nitrogens is 1. The molecule has 0 amide bonds. The summed E-state index contributed by atoms with van der Waals surface area (Å²) < 4.78 is 25.0. The number of carbonyl (C=O) groups is 2. The highest BCUT2D eigenvalue weighted by Gasteiger charge is 2.27. The zero-order valence-electron chi connectivity index (χ0n) is 20.9. The molecule has 0 aliphatic rings. The van der Waals surface area contributed by atoms with Gasteiger partial charge in [-0.15, -0.1) is 0 Å². The van der Waals surface area contributed by atoms with E-state index in [4.69, 9.17) is 9.15 Å². The molecule has 35 heavy (non-hydrogen) atoms. The molecule has 1 heterocycles. The molecule has 0 aliphatic heterocycles. The van der Waals surface area contributed by atoms with Gasteiger partial charge in [-0.2, -0.15) is 0 Å². The largest absolute Gasteiger partial charge is 0.480 e. The Bertz CT molecular complexity index is 1210. The number of hydrogen-bond donors (Lipinski definition) is 1. The summed E-state index contributed by atoms with van der Waals surface area (Å²) in [7, 11) is 0. The van der Waals surface area contributed by atoms with E-state index in [9.17, 15) is 19.1 Å². The minimum Gasteiger partial charge on any atom is -0.480 e. The van der Waals surface area contributed by atoms with Crippen LogP contribution in [0.25, 0.3) is 11.5 Å². The lowest BCUT2D eigenvalue weighted by Crippen LogP contribution is -2.36. The number of ether oxygens (including phenoxy) is 1. The van der Waals surface area contributed by atoms with Gasteiger partial charge < -0.3 is 14.3 Å². The normalized spacial score (nSPS) is 11.7. The number of rotatable bonds is 10. The van der Waals surface area contributed by atoms with E-state index in [0.717, 1.165) is 16.7 Å². The van der Waals surface area contributed by atoms with Crippen LogP contribution in [0.15, 0.2) is 40.8 Å². The Morgan fingerprint density at radius 1 is 1.09 bits per heavy atom. The monoisotopic (exact) mass is 482 g/mol. The van der Waals surface area contributed by atoms with E-state index < -0.39 is 11.6 Å². The predicted octanol–water partition coefficient (Wildman–Crippen LogP) is 5.24. The highest BCUT2D eigenvalue weighted by molar-refractivity contribution is 5.84. The summed E-state index contributed by atoms with van der Waals surface area (Å²) in [4.78, 5) is 29.8. The molecule has 1 aromatic heterocycles. The molecule has 0 fully saturated rings. The third-order valence-corrected chi connectivity index (χ3v) is 5.85. The Labute approximate surface area is 204 Å². The van der Waals surface area contributed by atoms with E-state index in [1.807, 2.05) is 26.0 Å². The molecule has 8 heteroatoms. The fourth-order valence-electron chi connectivity index (χ4n) is 3.74. The topological polar surface area (TPSA) is 92.9 Å². The minimum atomic E-state index is -0.957. The molecular formula is C27H31FN2O5. The summed E-state index contributed by atoms with van der Waals surface area (Å²) in [5, 5.41) is 9.48. The number of carbonyl (C=O) groups excluding carboxylic acids is 1. The summed E-state index contributed by atoms with van der Waals surface area (Å²) in [5.41, 5.74) is 2.94. The van der Waals surface area contributed by atoms with Crippen LogP contribution in [0.2, 0.25) is 0 Å². The van der Waals surface area contributed by atoms with Gasteiger partial charge in [-0.05, 0) is 82.5 Å². The zero-order valence-corrected chi connectivity index (χ0v) is 20.9. The molecule has 2 aromatic carbocycles. The molecule has 0 radical (unpaired) electrons. The van der Waals surface area contributed by atoms with E-state index in [-0.39, 0.29) is 24.7 Å². The van der Waals surface area contributed by atoms with E-state index >= 15 is 0 Å². The molecular weight excluding hydrogens is 451 g/mol. The second-order valence-electron chi connectivity index (χ2n) is 9.29. The van der Waals surface area contributed by atoms with Gasteiger partial charge in [0.1, 0.15) is 17.3 Å². The van der Waals surface area contributed by atoms with Crippen LogP contribution in [0.1, 0.15) is 48.9 Å². The Morgan fingerprint density at radius 3 is 2.23 bits per heavy atom. The number of ketones is 1. The van der Waals surface area contributed by atoms with Crippen molar-refractivity contribution in [2.45, 2.75) is 60.2 Å². The molecule has 7 nitrogen and oxygen atoms in total. The molecule has 1 N–H and O–H groups in total. The van der Waals surface area contributed by atoms with Crippen LogP contribution in [-0.2, 0) is 22.7 Å². The van der Waals surface area contributed by atoms with Crippen LogP contribution in [0.3, 0.4) is 0 Å². The summed E-state index contributed by atoms with van der Waals surface area (Å²) in [6.07, 6.45) is 0. The van der Waals surface area contributed by atoms with Gasteiger partial charge in [0.05, 0.1) is 12.2 Å². The molecule has 0 spiro atoms. The van der Waals surface area contributed by atoms with Crippen molar-refractivity contribution in [2.24, 2.45) is 0 Å². The average molecular weight is 483 g/mol. The van der Waals surface area contributed by atoms with Crippen LogP contribution in [0, 0.1) is 26.6 Å². The molecule has 0 atom stereocenters. The van der Waals surface area contributed by atoms with Gasteiger partial charge in [-0.3, -0.25) is 14.5 Å². The lowest BCUT2D eigenvalue weighted by atomic mass is 10.0. The second kappa shape index (κ2) is 10.4. The van der Waals surface area contributed by atoms with Gasteiger partial charge in [-0.1, -0.05) is 12.1 Å². The Balaban J connectivity index is 1.83. The molecule has 3 rings (SSSR count). The van der Waals surface area contributed by atoms with Gasteiger partial charge in [0.2, 0.25) is 5.89 Å². The fraction of sp³-hybridized carbons (Fsp3) is 0.370. The third-order valence-electron chi connectivity index (χ3n) is 5.85. The molecule has 0 saturated heterocycles. The van der Waals surface area contributed by atoms with Gasteiger partial charge in [0.15, 0.2) is 11.4 Å². The van der Waals surface area contributed by atoms with Gasteiger partial charge in [-0.25, -0.2) is 9.37 Å². The van der Waals surface area contributed by atoms with Crippen molar-refractivity contribution in [1.29, 1.82) is 0 Å². The minimum absolute atomic E-state index is 0.0731. The molecule has 3 aromatic rings. The smallest absolute Gasteiger partial charge is 0.317 e.